The second-order valence-electron chi connectivity index (χ2n) is 14.1. The minimum atomic E-state index is 0.867. The van der Waals surface area contributed by atoms with Crippen LogP contribution in [0.5, 0.6) is 0 Å². The molecular formula is C52H33NOS. The zero-order valence-electron chi connectivity index (χ0n) is 29.8. The molecule has 55 heavy (non-hydrogen) atoms. The largest absolute Gasteiger partial charge is 0.456 e. The molecule has 11 rings (SSSR count). The van der Waals surface area contributed by atoms with Crippen LogP contribution in [0.25, 0.3) is 86.3 Å². The van der Waals surface area contributed by atoms with Crippen molar-refractivity contribution in [3.05, 3.63) is 200 Å². The summed E-state index contributed by atoms with van der Waals surface area (Å²) in [5.41, 5.74) is 12.1. The summed E-state index contributed by atoms with van der Waals surface area (Å²) >= 11 is 1.85. The molecule has 0 aliphatic rings. The highest BCUT2D eigenvalue weighted by molar-refractivity contribution is 7.25. The monoisotopic (exact) mass is 719 g/mol. The third kappa shape index (κ3) is 5.40. The fourth-order valence-electron chi connectivity index (χ4n) is 8.26. The topological polar surface area (TPSA) is 16.4 Å². The Bertz CT molecular complexity index is 3240. The summed E-state index contributed by atoms with van der Waals surface area (Å²) in [7, 11) is 0. The van der Waals surface area contributed by atoms with Gasteiger partial charge in [-0.15, -0.1) is 11.3 Å². The Morgan fingerprint density at radius 2 is 0.982 bits per heavy atom. The summed E-state index contributed by atoms with van der Waals surface area (Å²) < 4.78 is 9.07. The molecule has 0 radical (unpaired) electrons. The van der Waals surface area contributed by atoms with Gasteiger partial charge in [-0.05, 0) is 99.3 Å². The molecule has 3 heteroatoms. The van der Waals surface area contributed by atoms with Crippen LogP contribution in [0.1, 0.15) is 0 Å². The quantitative estimate of drug-likeness (QED) is 0.170. The molecule has 0 unspecified atom stereocenters. The number of rotatable bonds is 6. The van der Waals surface area contributed by atoms with Gasteiger partial charge in [0.25, 0.3) is 0 Å². The number of hydrogen-bond acceptors (Lipinski definition) is 3. The third-order valence-corrected chi connectivity index (χ3v) is 12.0. The molecule has 258 valence electrons. The van der Waals surface area contributed by atoms with Gasteiger partial charge in [-0.2, -0.15) is 0 Å². The van der Waals surface area contributed by atoms with E-state index in [1.807, 2.05) is 23.5 Å². The summed E-state index contributed by atoms with van der Waals surface area (Å²) in [6.07, 6.45) is 0. The van der Waals surface area contributed by atoms with E-state index in [1.54, 1.807) is 0 Å². The maximum Gasteiger partial charge on any atom is 0.137 e. The van der Waals surface area contributed by atoms with Crippen molar-refractivity contribution in [3.8, 4) is 33.4 Å². The molecule has 11 aromatic rings. The number of fused-ring (bicyclic) bond motifs is 7. The van der Waals surface area contributed by atoms with Gasteiger partial charge in [0.2, 0.25) is 0 Å². The van der Waals surface area contributed by atoms with Crippen LogP contribution < -0.4 is 4.90 Å². The number of hydrogen-bond donors (Lipinski definition) is 0. The first kappa shape index (κ1) is 31.6. The molecule has 0 atom stereocenters. The van der Waals surface area contributed by atoms with Crippen molar-refractivity contribution in [1.82, 2.24) is 0 Å². The van der Waals surface area contributed by atoms with Crippen molar-refractivity contribution in [1.29, 1.82) is 0 Å². The second-order valence-corrected chi connectivity index (χ2v) is 15.2. The molecule has 2 nitrogen and oxygen atoms in total. The molecule has 0 saturated carbocycles. The lowest BCUT2D eigenvalue weighted by molar-refractivity contribution is 0.669. The highest BCUT2D eigenvalue weighted by Crippen LogP contribution is 2.45. The van der Waals surface area contributed by atoms with Crippen LogP contribution in [-0.2, 0) is 0 Å². The SMILES string of the molecule is c1cc(-c2cccc(N(c3ccc4c(c3)oc3ccccc34)c3ccccc3-c3ccc4sc5ccccc5c4c3)c2)cc(-c2cccc3ccccc23)c1. The first-order chi connectivity index (χ1) is 27.2. The molecule has 2 heterocycles. The van der Waals surface area contributed by atoms with Crippen LogP contribution in [0.2, 0.25) is 0 Å². The Morgan fingerprint density at radius 1 is 0.345 bits per heavy atom. The predicted octanol–water partition coefficient (Wildman–Crippen LogP) is 15.6. The average Bonchev–Trinajstić information content (AvgIpc) is 3.82. The van der Waals surface area contributed by atoms with Gasteiger partial charge in [0.05, 0.1) is 5.69 Å². The van der Waals surface area contributed by atoms with Crippen molar-refractivity contribution >= 4 is 81.3 Å². The molecule has 0 N–H and O–H groups in total. The first-order valence-corrected chi connectivity index (χ1v) is 19.5. The van der Waals surface area contributed by atoms with E-state index in [0.29, 0.717) is 0 Å². The normalized spacial score (nSPS) is 11.6. The van der Waals surface area contributed by atoms with Crippen molar-refractivity contribution < 1.29 is 4.42 Å². The van der Waals surface area contributed by atoms with Crippen molar-refractivity contribution in [3.63, 3.8) is 0 Å². The van der Waals surface area contributed by atoms with Crippen LogP contribution in [0.15, 0.2) is 205 Å². The lowest BCUT2D eigenvalue weighted by atomic mass is 9.95. The van der Waals surface area contributed by atoms with Crippen LogP contribution >= 0.6 is 11.3 Å². The van der Waals surface area contributed by atoms with Crippen LogP contribution in [0.3, 0.4) is 0 Å². The highest BCUT2D eigenvalue weighted by atomic mass is 32.1. The van der Waals surface area contributed by atoms with E-state index in [0.717, 1.165) is 50.1 Å². The lowest BCUT2D eigenvalue weighted by Crippen LogP contribution is -2.11. The van der Waals surface area contributed by atoms with Crippen molar-refractivity contribution in [2.24, 2.45) is 0 Å². The predicted molar refractivity (Wildman–Crippen MR) is 235 cm³/mol. The molecule has 0 aliphatic carbocycles. The highest BCUT2D eigenvalue weighted by Gasteiger charge is 2.20. The molecule has 0 bridgehead atoms. The van der Waals surface area contributed by atoms with Gasteiger partial charge < -0.3 is 9.32 Å². The zero-order chi connectivity index (χ0) is 36.3. The lowest BCUT2D eigenvalue weighted by Gasteiger charge is -2.28. The van der Waals surface area contributed by atoms with Crippen LogP contribution in [-0.4, -0.2) is 0 Å². The van der Waals surface area contributed by atoms with E-state index in [-0.39, 0.29) is 0 Å². The summed E-state index contributed by atoms with van der Waals surface area (Å²) in [4.78, 5) is 2.38. The first-order valence-electron chi connectivity index (χ1n) is 18.7. The fraction of sp³-hybridized carbons (Fsp3) is 0. The van der Waals surface area contributed by atoms with E-state index in [1.165, 1.54) is 53.2 Å². The Kier molecular flexibility index (Phi) is 7.39. The molecule has 0 fully saturated rings. The number of furan rings is 1. The molecule has 0 saturated heterocycles. The third-order valence-electron chi connectivity index (χ3n) is 10.9. The minimum absolute atomic E-state index is 0.867. The van der Waals surface area contributed by atoms with Gasteiger partial charge >= 0.3 is 0 Å². The van der Waals surface area contributed by atoms with E-state index in [2.05, 4.69) is 193 Å². The van der Waals surface area contributed by atoms with Gasteiger partial charge in [0.15, 0.2) is 0 Å². The van der Waals surface area contributed by atoms with Gasteiger partial charge in [0.1, 0.15) is 11.2 Å². The van der Waals surface area contributed by atoms with E-state index >= 15 is 0 Å². The number of nitrogens with zero attached hydrogens (tertiary/aromatic N) is 1. The summed E-state index contributed by atoms with van der Waals surface area (Å²) in [6, 6.07) is 72.3. The van der Waals surface area contributed by atoms with Gasteiger partial charge in [-0.1, -0.05) is 133 Å². The van der Waals surface area contributed by atoms with Crippen molar-refractivity contribution in [2.75, 3.05) is 4.90 Å². The molecular weight excluding hydrogens is 687 g/mol. The minimum Gasteiger partial charge on any atom is -0.456 e. The average molecular weight is 720 g/mol. The smallest absolute Gasteiger partial charge is 0.137 e. The number of benzene rings is 9. The Morgan fingerprint density at radius 3 is 1.93 bits per heavy atom. The molecule has 9 aromatic carbocycles. The van der Waals surface area contributed by atoms with Gasteiger partial charge in [0, 0.05) is 53.9 Å². The summed E-state index contributed by atoms with van der Waals surface area (Å²) in [5.74, 6) is 0. The van der Waals surface area contributed by atoms with E-state index < -0.39 is 0 Å². The number of anilines is 3. The summed E-state index contributed by atoms with van der Waals surface area (Å²) in [6.45, 7) is 0. The second kappa shape index (κ2) is 12.9. The number of para-hydroxylation sites is 2. The molecule has 2 aromatic heterocycles. The maximum atomic E-state index is 6.46. The Balaban J connectivity index is 1.09. The molecule has 0 amide bonds. The van der Waals surface area contributed by atoms with Crippen molar-refractivity contribution in [2.45, 2.75) is 0 Å². The Hall–Kier alpha value is -6.94. The number of thiophene rings is 1. The van der Waals surface area contributed by atoms with Gasteiger partial charge in [-0.25, -0.2) is 0 Å². The fourth-order valence-corrected chi connectivity index (χ4v) is 9.34. The van der Waals surface area contributed by atoms with E-state index in [4.69, 9.17) is 4.42 Å². The Labute approximate surface area is 322 Å². The zero-order valence-corrected chi connectivity index (χ0v) is 30.6. The summed E-state index contributed by atoms with van der Waals surface area (Å²) in [5, 5.41) is 7.33. The maximum absolute atomic E-state index is 6.46. The molecule has 0 spiro atoms. The van der Waals surface area contributed by atoms with E-state index in [9.17, 15) is 0 Å². The standard InChI is InChI=1S/C52H33NOS/c1-2-18-41-34(12-1)13-11-22-42(41)37-16-9-14-35(30-37)36-15-10-17-39(31-36)53(40-27-28-45-44-20-4-7-24-49(44)54-50(45)33-40)48-23-6-3-19-43(48)38-26-29-52-47(32-38)46-21-5-8-25-51(46)55-52/h1-33H. The van der Waals surface area contributed by atoms with Gasteiger partial charge in [-0.3, -0.25) is 0 Å². The van der Waals surface area contributed by atoms with Crippen LogP contribution in [0.4, 0.5) is 17.1 Å². The van der Waals surface area contributed by atoms with Crippen LogP contribution in [0, 0.1) is 0 Å². The molecule has 0 aliphatic heterocycles.